The molecule has 2 aliphatic heterocycles. The fourth-order valence-corrected chi connectivity index (χ4v) is 6.80. The number of aromatic nitrogens is 1. The van der Waals surface area contributed by atoms with Gasteiger partial charge in [-0.2, -0.15) is 0 Å². The van der Waals surface area contributed by atoms with E-state index in [0.29, 0.717) is 74.8 Å². The third-order valence-corrected chi connectivity index (χ3v) is 9.48. The average molecular weight is 699 g/mol. The van der Waals surface area contributed by atoms with Crippen LogP contribution in [-0.2, 0) is 28.7 Å². The van der Waals surface area contributed by atoms with Gasteiger partial charge in [-0.1, -0.05) is 36.8 Å². The number of rotatable bonds is 4. The summed E-state index contributed by atoms with van der Waals surface area (Å²) in [5, 5.41) is 12.1. The predicted octanol–water partition coefficient (Wildman–Crippen LogP) is 3.59. The molecule has 0 saturated carbocycles. The molecule has 1 unspecified atom stereocenters. The quantitative estimate of drug-likeness (QED) is 0.299. The summed E-state index contributed by atoms with van der Waals surface area (Å²) in [6.07, 6.45) is 6.36. The molecule has 0 aliphatic carbocycles. The second-order valence-electron chi connectivity index (χ2n) is 13.1. The number of fused-ring (bicyclic) bond motifs is 4. The van der Waals surface area contributed by atoms with Crippen LogP contribution in [0.1, 0.15) is 86.0 Å². The van der Waals surface area contributed by atoms with E-state index >= 15 is 0 Å². The normalized spacial score (nSPS) is 21.5. The van der Waals surface area contributed by atoms with Crippen LogP contribution < -0.4 is 21.3 Å². The van der Waals surface area contributed by atoms with Gasteiger partial charge in [0.1, 0.15) is 12.1 Å². The van der Waals surface area contributed by atoms with E-state index in [9.17, 15) is 28.8 Å². The Bertz CT molecular complexity index is 1740. The van der Waals surface area contributed by atoms with Gasteiger partial charge in [0.25, 0.3) is 5.91 Å². The molecule has 1 fully saturated rings. The summed E-state index contributed by atoms with van der Waals surface area (Å²) in [5.74, 6) is -2.39. The zero-order valence-electron chi connectivity index (χ0n) is 29.0. The van der Waals surface area contributed by atoms with Gasteiger partial charge in [-0.05, 0) is 80.7 Å². The number of para-hydroxylation sites is 1. The van der Waals surface area contributed by atoms with Crippen LogP contribution in [-0.4, -0.2) is 84.2 Å². The van der Waals surface area contributed by atoms with Gasteiger partial charge >= 0.3 is 5.97 Å². The second kappa shape index (κ2) is 18.1. The first kappa shape index (κ1) is 36.9. The van der Waals surface area contributed by atoms with E-state index in [1.54, 1.807) is 23.2 Å². The number of benzene rings is 2. The Morgan fingerprint density at radius 3 is 2.57 bits per heavy atom. The number of hydrogen-bond donors (Lipinski definition) is 4. The first-order valence-corrected chi connectivity index (χ1v) is 17.7. The highest BCUT2D eigenvalue weighted by atomic mass is 16.5. The van der Waals surface area contributed by atoms with Crippen molar-refractivity contribution >= 4 is 52.1 Å². The van der Waals surface area contributed by atoms with Crippen LogP contribution in [0, 0.1) is 0 Å². The third-order valence-electron chi connectivity index (χ3n) is 9.48. The molecule has 3 atom stereocenters. The monoisotopic (exact) mass is 698 g/mol. The summed E-state index contributed by atoms with van der Waals surface area (Å²) < 4.78 is 4.86. The number of nitrogens with one attached hydrogen (secondary N) is 4. The second-order valence-corrected chi connectivity index (χ2v) is 13.1. The lowest BCUT2D eigenvalue weighted by Crippen LogP contribution is -2.50. The number of hydrogen-bond acceptors (Lipinski definition) is 8. The highest BCUT2D eigenvalue weighted by Gasteiger charge is 2.34. The minimum Gasteiger partial charge on any atom is -0.467 e. The largest absolute Gasteiger partial charge is 0.467 e. The first-order valence-electron chi connectivity index (χ1n) is 17.7. The van der Waals surface area contributed by atoms with Crippen molar-refractivity contribution in [2.75, 3.05) is 32.1 Å². The highest BCUT2D eigenvalue weighted by molar-refractivity contribution is 6.00. The number of methoxy groups -OCH3 is 1. The van der Waals surface area contributed by atoms with Crippen molar-refractivity contribution in [3.63, 3.8) is 0 Å². The van der Waals surface area contributed by atoms with E-state index in [-0.39, 0.29) is 49.4 Å². The molecule has 3 aromatic rings. The van der Waals surface area contributed by atoms with Gasteiger partial charge in [0, 0.05) is 43.1 Å². The summed E-state index contributed by atoms with van der Waals surface area (Å²) in [7, 11) is 1.24. The molecular formula is C38H46N6O7. The number of nitrogens with zero attached hydrogens (tertiary/aromatic N) is 2. The zero-order valence-corrected chi connectivity index (χ0v) is 29.0. The van der Waals surface area contributed by atoms with E-state index in [4.69, 9.17) is 4.74 Å². The fraction of sp³-hybridized carbons (Fsp3) is 0.447. The Kier molecular flexibility index (Phi) is 13.1. The van der Waals surface area contributed by atoms with Crippen molar-refractivity contribution in [3.05, 3.63) is 71.9 Å². The van der Waals surface area contributed by atoms with Crippen LogP contribution >= 0.6 is 0 Å². The standard InChI is InChI=1S/C38H46N6O7/c1-51-38(50)30-15-4-5-19-40-36(48)28-13-6-12-26(22-28)27(23-32(45)42-29-16-7-11-25-14-8-20-39-35(25)29)10-2-3-18-34(47)44-21-9-17-31(44)37(49)41-24-33(46)43-30/h6-8,11-14,16,20,22,27,30-31H,2-5,9-10,15,17-19,21,23-24H2,1H3,(H,40,48)(H,41,49)(H,42,45)(H,43,46)/t27?,30-,31-/m0/s1. The van der Waals surface area contributed by atoms with Gasteiger partial charge in [0.2, 0.25) is 23.6 Å². The molecule has 5 amide bonds. The van der Waals surface area contributed by atoms with E-state index in [0.717, 1.165) is 10.9 Å². The molecule has 51 heavy (non-hydrogen) atoms. The summed E-state index contributed by atoms with van der Waals surface area (Å²) in [4.78, 5) is 84.0. The van der Waals surface area contributed by atoms with Crippen molar-refractivity contribution in [1.29, 1.82) is 0 Å². The molecule has 13 heteroatoms. The Morgan fingerprint density at radius 2 is 1.73 bits per heavy atom. The maximum absolute atomic E-state index is 13.5. The molecule has 2 bridgehead atoms. The lowest BCUT2D eigenvalue weighted by molar-refractivity contribution is -0.145. The van der Waals surface area contributed by atoms with Gasteiger partial charge in [-0.25, -0.2) is 4.79 Å². The molecule has 0 radical (unpaired) electrons. The Balaban J connectivity index is 1.32. The van der Waals surface area contributed by atoms with Crippen LogP contribution in [0.3, 0.4) is 0 Å². The number of carbonyl (C=O) groups is 6. The van der Waals surface area contributed by atoms with E-state index in [1.165, 1.54) is 7.11 Å². The fourth-order valence-electron chi connectivity index (χ4n) is 6.80. The number of esters is 1. The summed E-state index contributed by atoms with van der Waals surface area (Å²) >= 11 is 0. The zero-order chi connectivity index (χ0) is 36.2. The summed E-state index contributed by atoms with van der Waals surface area (Å²) in [6, 6.07) is 15.1. The first-order chi connectivity index (χ1) is 24.7. The Hall–Kier alpha value is -5.33. The lowest BCUT2D eigenvalue weighted by atomic mass is 9.88. The lowest BCUT2D eigenvalue weighted by Gasteiger charge is -2.24. The maximum atomic E-state index is 13.5. The van der Waals surface area contributed by atoms with Crippen LogP contribution in [0.15, 0.2) is 60.8 Å². The van der Waals surface area contributed by atoms with Gasteiger partial charge in [-0.3, -0.25) is 29.0 Å². The van der Waals surface area contributed by atoms with Crippen molar-refractivity contribution in [2.45, 2.75) is 82.2 Å². The predicted molar refractivity (Wildman–Crippen MR) is 191 cm³/mol. The van der Waals surface area contributed by atoms with Crippen molar-refractivity contribution in [2.24, 2.45) is 0 Å². The molecule has 1 saturated heterocycles. The highest BCUT2D eigenvalue weighted by Crippen LogP contribution is 2.29. The minimum atomic E-state index is -0.913. The van der Waals surface area contributed by atoms with Crippen LogP contribution in [0.5, 0.6) is 0 Å². The molecule has 3 heterocycles. The number of pyridine rings is 1. The molecule has 2 aromatic carbocycles. The van der Waals surface area contributed by atoms with Gasteiger partial charge in [0.05, 0.1) is 24.9 Å². The minimum absolute atomic E-state index is 0.141. The SMILES string of the molecule is COC(=O)[C@@H]1CCCCNC(=O)c2cccc(c2)C(CC(=O)Nc2cccc3cccnc23)CCCCC(=O)N2CCC[C@H]2C(=O)NCC(=O)N1. The maximum Gasteiger partial charge on any atom is 0.328 e. The Morgan fingerprint density at radius 1 is 0.922 bits per heavy atom. The topological polar surface area (TPSA) is 176 Å². The molecule has 2 aliphatic rings. The molecule has 5 rings (SSSR count). The smallest absolute Gasteiger partial charge is 0.328 e. The van der Waals surface area contributed by atoms with Gasteiger partial charge in [-0.15, -0.1) is 0 Å². The Labute approximate surface area is 297 Å². The average Bonchev–Trinajstić information content (AvgIpc) is 3.64. The van der Waals surface area contributed by atoms with Crippen LogP contribution in [0.25, 0.3) is 10.9 Å². The molecule has 270 valence electrons. The van der Waals surface area contributed by atoms with Gasteiger partial charge in [0.15, 0.2) is 0 Å². The molecule has 1 aromatic heterocycles. The van der Waals surface area contributed by atoms with Crippen molar-refractivity contribution in [3.8, 4) is 0 Å². The summed E-state index contributed by atoms with van der Waals surface area (Å²) in [6.45, 7) is 0.456. The van der Waals surface area contributed by atoms with Gasteiger partial charge < -0.3 is 30.9 Å². The molecule has 13 nitrogen and oxygen atoms in total. The van der Waals surface area contributed by atoms with Crippen molar-refractivity contribution in [1.82, 2.24) is 25.8 Å². The molecular weight excluding hydrogens is 652 g/mol. The van der Waals surface area contributed by atoms with Crippen LogP contribution in [0.4, 0.5) is 5.69 Å². The number of ether oxygens (including phenoxy) is 1. The number of carbonyl (C=O) groups excluding carboxylic acids is 6. The number of amides is 5. The molecule has 0 spiro atoms. The van der Waals surface area contributed by atoms with Crippen molar-refractivity contribution < 1.29 is 33.5 Å². The van der Waals surface area contributed by atoms with E-state index in [2.05, 4.69) is 26.3 Å². The van der Waals surface area contributed by atoms with Crippen LogP contribution in [0.2, 0.25) is 0 Å². The van der Waals surface area contributed by atoms with E-state index < -0.39 is 29.9 Å². The molecule has 4 N–H and O–H groups in total. The summed E-state index contributed by atoms with van der Waals surface area (Å²) in [5.41, 5.74) is 2.61. The third kappa shape index (κ3) is 10.1. The number of anilines is 1. The van der Waals surface area contributed by atoms with E-state index in [1.807, 2.05) is 42.5 Å².